The van der Waals surface area contributed by atoms with Gasteiger partial charge in [-0.05, 0) is 32.4 Å². The highest BCUT2D eigenvalue weighted by molar-refractivity contribution is 6.39. The smallest absolute Gasteiger partial charge is 0.315 e. The summed E-state index contributed by atoms with van der Waals surface area (Å²) in [5.41, 5.74) is 0.817. The van der Waals surface area contributed by atoms with Crippen LogP contribution in [0.25, 0.3) is 0 Å². The molecular weight excluding hydrogens is 258 g/mol. The minimum Gasteiger partial charge on any atom is -0.372 e. The van der Waals surface area contributed by atoms with Crippen molar-refractivity contribution in [2.24, 2.45) is 0 Å². The van der Waals surface area contributed by atoms with Crippen LogP contribution in [-0.2, 0) is 14.3 Å². The third-order valence-corrected chi connectivity index (χ3v) is 3.14. The Bertz CT molecular complexity index is 508. The van der Waals surface area contributed by atoms with Gasteiger partial charge in [0.15, 0.2) is 0 Å². The maximum atomic E-state index is 12.1. The summed E-state index contributed by atoms with van der Waals surface area (Å²) in [4.78, 5) is 29.7. The highest BCUT2D eigenvalue weighted by Crippen LogP contribution is 2.13. The number of ether oxygens (including phenoxy) is 1. The molecule has 1 aliphatic heterocycles. The zero-order valence-corrected chi connectivity index (χ0v) is 11.9. The molecule has 1 N–H and O–H groups in total. The van der Waals surface area contributed by atoms with E-state index >= 15 is 0 Å². The largest absolute Gasteiger partial charge is 0.372 e. The molecule has 0 radical (unpaired) electrons. The van der Waals surface area contributed by atoms with Gasteiger partial charge in [-0.25, -0.2) is 4.98 Å². The number of pyridine rings is 1. The van der Waals surface area contributed by atoms with E-state index in [0.717, 1.165) is 5.56 Å². The molecule has 1 saturated heterocycles. The molecule has 2 amide bonds. The summed E-state index contributed by atoms with van der Waals surface area (Å²) in [5, 5.41) is 2.55. The van der Waals surface area contributed by atoms with Crippen molar-refractivity contribution in [2.45, 2.75) is 33.0 Å². The third-order valence-electron chi connectivity index (χ3n) is 3.14. The van der Waals surface area contributed by atoms with E-state index in [1.807, 2.05) is 26.8 Å². The van der Waals surface area contributed by atoms with Crippen LogP contribution in [0.4, 0.5) is 5.82 Å². The zero-order chi connectivity index (χ0) is 14.7. The van der Waals surface area contributed by atoms with Crippen LogP contribution in [0.1, 0.15) is 19.4 Å². The predicted octanol–water partition coefficient (Wildman–Crippen LogP) is 0.964. The van der Waals surface area contributed by atoms with Gasteiger partial charge in [-0.15, -0.1) is 0 Å². The zero-order valence-electron chi connectivity index (χ0n) is 11.9. The lowest BCUT2D eigenvalue weighted by atomic mass is 10.2. The first kappa shape index (κ1) is 14.5. The maximum absolute atomic E-state index is 12.1. The average molecular weight is 277 g/mol. The molecule has 2 rings (SSSR count). The van der Waals surface area contributed by atoms with E-state index in [1.165, 1.54) is 4.90 Å². The fourth-order valence-corrected chi connectivity index (χ4v) is 2.26. The number of carbonyl (C=O) groups excluding carboxylic acids is 2. The highest BCUT2D eigenvalue weighted by atomic mass is 16.5. The van der Waals surface area contributed by atoms with Crippen molar-refractivity contribution in [3.05, 3.63) is 23.9 Å². The van der Waals surface area contributed by atoms with Gasteiger partial charge >= 0.3 is 11.8 Å². The number of anilines is 1. The molecule has 0 bridgehead atoms. The van der Waals surface area contributed by atoms with Crippen LogP contribution in [0.5, 0.6) is 0 Å². The van der Waals surface area contributed by atoms with Gasteiger partial charge in [-0.3, -0.25) is 9.59 Å². The number of hydrogen-bond acceptors (Lipinski definition) is 4. The van der Waals surface area contributed by atoms with Crippen molar-refractivity contribution in [1.82, 2.24) is 9.88 Å². The normalized spacial score (nSPS) is 22.4. The summed E-state index contributed by atoms with van der Waals surface area (Å²) in [5.74, 6) is -0.787. The van der Waals surface area contributed by atoms with E-state index in [1.54, 1.807) is 12.3 Å². The molecule has 6 nitrogen and oxygen atoms in total. The van der Waals surface area contributed by atoms with Crippen molar-refractivity contribution < 1.29 is 14.3 Å². The second-order valence-corrected chi connectivity index (χ2v) is 5.09. The SMILES string of the molecule is Cc1cccnc1NC(=O)C(=O)N1CC(C)OC(C)C1. The fourth-order valence-electron chi connectivity index (χ4n) is 2.26. The number of amides is 2. The standard InChI is InChI=1S/C14H19N3O3/c1-9-5-4-6-15-12(9)16-13(18)14(19)17-7-10(2)20-11(3)8-17/h4-6,10-11H,7-8H2,1-3H3,(H,15,16,18). The van der Waals surface area contributed by atoms with Gasteiger partial charge in [0.2, 0.25) is 0 Å². The minimum absolute atomic E-state index is 0.0629. The first-order valence-corrected chi connectivity index (χ1v) is 6.64. The Hall–Kier alpha value is -1.95. The Balaban J connectivity index is 2.02. The van der Waals surface area contributed by atoms with Gasteiger partial charge in [0.05, 0.1) is 12.2 Å². The lowest BCUT2D eigenvalue weighted by Crippen LogP contribution is -2.51. The number of morpholine rings is 1. The molecule has 1 aromatic heterocycles. The fraction of sp³-hybridized carbons (Fsp3) is 0.500. The lowest BCUT2D eigenvalue weighted by Gasteiger charge is -2.34. The predicted molar refractivity (Wildman–Crippen MR) is 74.2 cm³/mol. The number of rotatable bonds is 1. The van der Waals surface area contributed by atoms with Crippen LogP contribution in [0.3, 0.4) is 0 Å². The van der Waals surface area contributed by atoms with Crippen molar-refractivity contribution in [3.8, 4) is 0 Å². The Morgan fingerprint density at radius 3 is 2.60 bits per heavy atom. The van der Waals surface area contributed by atoms with Crippen molar-refractivity contribution in [1.29, 1.82) is 0 Å². The Kier molecular flexibility index (Phi) is 4.34. The van der Waals surface area contributed by atoms with Gasteiger partial charge in [-0.2, -0.15) is 0 Å². The molecule has 6 heteroatoms. The third kappa shape index (κ3) is 3.33. The van der Waals surface area contributed by atoms with Crippen molar-refractivity contribution in [3.63, 3.8) is 0 Å². The molecule has 1 aliphatic rings. The first-order chi connectivity index (χ1) is 9.47. The Labute approximate surface area is 118 Å². The van der Waals surface area contributed by atoms with Crippen LogP contribution in [0.2, 0.25) is 0 Å². The number of aryl methyl sites for hydroxylation is 1. The number of carbonyl (C=O) groups is 2. The molecular formula is C14H19N3O3. The maximum Gasteiger partial charge on any atom is 0.315 e. The molecule has 108 valence electrons. The van der Waals surface area contributed by atoms with Gasteiger partial charge in [-0.1, -0.05) is 6.07 Å². The molecule has 0 spiro atoms. The van der Waals surface area contributed by atoms with Gasteiger partial charge < -0.3 is 15.0 Å². The van der Waals surface area contributed by atoms with Crippen molar-refractivity contribution >= 4 is 17.6 Å². The Morgan fingerprint density at radius 2 is 2.00 bits per heavy atom. The quantitative estimate of drug-likeness (QED) is 0.776. The van der Waals surface area contributed by atoms with Gasteiger partial charge in [0, 0.05) is 19.3 Å². The molecule has 2 heterocycles. The number of nitrogens with zero attached hydrogens (tertiary/aromatic N) is 2. The van der Waals surface area contributed by atoms with E-state index in [4.69, 9.17) is 4.74 Å². The molecule has 2 unspecified atom stereocenters. The minimum atomic E-state index is -0.659. The molecule has 2 atom stereocenters. The summed E-state index contributed by atoms with van der Waals surface area (Å²) < 4.78 is 5.55. The number of aromatic nitrogens is 1. The van der Waals surface area contributed by atoms with Crippen LogP contribution < -0.4 is 5.32 Å². The van der Waals surface area contributed by atoms with E-state index in [2.05, 4.69) is 10.3 Å². The Morgan fingerprint density at radius 1 is 1.35 bits per heavy atom. The second-order valence-electron chi connectivity index (χ2n) is 5.09. The molecule has 0 aromatic carbocycles. The summed E-state index contributed by atoms with van der Waals surface area (Å²) in [6.45, 7) is 6.45. The van der Waals surface area contributed by atoms with Crippen LogP contribution >= 0.6 is 0 Å². The van der Waals surface area contributed by atoms with Crippen molar-refractivity contribution in [2.75, 3.05) is 18.4 Å². The van der Waals surface area contributed by atoms with E-state index < -0.39 is 11.8 Å². The summed E-state index contributed by atoms with van der Waals surface area (Å²) >= 11 is 0. The van der Waals surface area contributed by atoms with Gasteiger partial charge in [0.25, 0.3) is 0 Å². The molecule has 1 fully saturated rings. The van der Waals surface area contributed by atoms with E-state index in [-0.39, 0.29) is 12.2 Å². The summed E-state index contributed by atoms with van der Waals surface area (Å²) in [7, 11) is 0. The summed E-state index contributed by atoms with van der Waals surface area (Å²) in [6, 6.07) is 3.60. The molecule has 1 aromatic rings. The van der Waals surface area contributed by atoms with Crippen LogP contribution in [0.15, 0.2) is 18.3 Å². The second kappa shape index (κ2) is 6.00. The van der Waals surface area contributed by atoms with E-state index in [0.29, 0.717) is 18.9 Å². The highest BCUT2D eigenvalue weighted by Gasteiger charge is 2.29. The number of hydrogen-bond donors (Lipinski definition) is 1. The molecule has 20 heavy (non-hydrogen) atoms. The molecule has 0 saturated carbocycles. The summed E-state index contributed by atoms with van der Waals surface area (Å²) in [6.07, 6.45) is 1.45. The average Bonchev–Trinajstić information content (AvgIpc) is 2.39. The van der Waals surface area contributed by atoms with Crippen LogP contribution in [0, 0.1) is 6.92 Å². The van der Waals surface area contributed by atoms with Crippen LogP contribution in [-0.4, -0.2) is 47.0 Å². The number of nitrogens with one attached hydrogen (secondary N) is 1. The van der Waals surface area contributed by atoms with E-state index in [9.17, 15) is 9.59 Å². The topological polar surface area (TPSA) is 71.5 Å². The van der Waals surface area contributed by atoms with Gasteiger partial charge in [0.1, 0.15) is 5.82 Å². The monoisotopic (exact) mass is 277 g/mol. The lowest BCUT2D eigenvalue weighted by molar-refractivity contribution is -0.151. The first-order valence-electron chi connectivity index (χ1n) is 6.64. The molecule has 0 aliphatic carbocycles.